The molecule has 46 heavy (non-hydrogen) atoms. The van der Waals surface area contributed by atoms with Gasteiger partial charge in [0.25, 0.3) is 0 Å². The summed E-state index contributed by atoms with van der Waals surface area (Å²) in [6.07, 6.45) is 0. The summed E-state index contributed by atoms with van der Waals surface area (Å²) in [7, 11) is 9.31. The van der Waals surface area contributed by atoms with E-state index in [9.17, 15) is 9.59 Å². The quantitative estimate of drug-likeness (QED) is 0.176. The number of hydrogen-bond acceptors (Lipinski definition) is 10. The van der Waals surface area contributed by atoms with Crippen molar-refractivity contribution in [2.24, 2.45) is 0 Å². The van der Waals surface area contributed by atoms with Gasteiger partial charge in [0, 0.05) is 47.5 Å². The van der Waals surface area contributed by atoms with Crippen molar-refractivity contribution in [3.8, 4) is 57.1 Å². The standard InChI is InChI=1S/2C18H16O5/c2*1-20-12-6-4-11(5-7-12)15-10-14(19)18-16(22-3)8-13(21-2)9-17(18)23-15/h2*4-10H,1-3H3. The molecule has 0 N–H and O–H groups in total. The van der Waals surface area contributed by atoms with Crippen molar-refractivity contribution in [3.05, 3.63) is 105 Å². The van der Waals surface area contributed by atoms with Crippen LogP contribution in [0.1, 0.15) is 0 Å². The maximum Gasteiger partial charge on any atom is 0.197 e. The Morgan fingerprint density at radius 1 is 0.413 bits per heavy atom. The lowest BCUT2D eigenvalue weighted by Crippen LogP contribution is -2.03. The van der Waals surface area contributed by atoms with Crippen LogP contribution in [0.25, 0.3) is 44.6 Å². The minimum Gasteiger partial charge on any atom is -0.497 e. The lowest BCUT2D eigenvalue weighted by atomic mass is 10.1. The van der Waals surface area contributed by atoms with Crippen molar-refractivity contribution < 1.29 is 37.3 Å². The zero-order valence-electron chi connectivity index (χ0n) is 26.2. The summed E-state index contributed by atoms with van der Waals surface area (Å²) in [5.74, 6) is 4.39. The molecule has 0 saturated carbocycles. The molecule has 0 bridgehead atoms. The molecule has 0 fully saturated rings. The zero-order valence-corrected chi connectivity index (χ0v) is 26.2. The Hall–Kier alpha value is -5.90. The Labute approximate surface area is 264 Å². The summed E-state index contributed by atoms with van der Waals surface area (Å²) >= 11 is 0. The lowest BCUT2D eigenvalue weighted by Gasteiger charge is -2.09. The fraction of sp³-hybridized carbons (Fsp3) is 0.167. The number of methoxy groups -OCH3 is 6. The van der Waals surface area contributed by atoms with Gasteiger partial charge in [-0.1, -0.05) is 0 Å². The molecule has 0 amide bonds. The van der Waals surface area contributed by atoms with Crippen LogP contribution < -0.4 is 39.3 Å². The first-order chi connectivity index (χ1) is 22.3. The van der Waals surface area contributed by atoms with Crippen molar-refractivity contribution in [1.29, 1.82) is 0 Å². The molecule has 0 aliphatic rings. The molecular formula is C36H32O10. The highest BCUT2D eigenvalue weighted by molar-refractivity contribution is 5.87. The average Bonchev–Trinajstić information content (AvgIpc) is 3.10. The molecule has 2 heterocycles. The predicted molar refractivity (Wildman–Crippen MR) is 175 cm³/mol. The summed E-state index contributed by atoms with van der Waals surface area (Å²) in [5.41, 5.74) is 2.06. The van der Waals surface area contributed by atoms with Crippen molar-refractivity contribution in [1.82, 2.24) is 0 Å². The molecule has 2 aromatic heterocycles. The summed E-state index contributed by atoms with van der Waals surface area (Å²) in [6, 6.07) is 24.2. The Morgan fingerprint density at radius 3 is 1.07 bits per heavy atom. The van der Waals surface area contributed by atoms with Crippen molar-refractivity contribution in [3.63, 3.8) is 0 Å². The van der Waals surface area contributed by atoms with E-state index in [0.717, 1.165) is 22.6 Å². The van der Waals surface area contributed by atoms with Crippen LogP contribution in [0.3, 0.4) is 0 Å². The van der Waals surface area contributed by atoms with E-state index < -0.39 is 0 Å². The summed E-state index contributed by atoms with van der Waals surface area (Å²) in [5, 5.41) is 0.788. The second-order valence-electron chi connectivity index (χ2n) is 9.81. The van der Waals surface area contributed by atoms with Gasteiger partial charge < -0.3 is 37.3 Å². The predicted octanol–water partition coefficient (Wildman–Crippen LogP) is 6.97. The first kappa shape index (κ1) is 31.5. The van der Waals surface area contributed by atoms with Crippen molar-refractivity contribution in [2.75, 3.05) is 42.7 Å². The lowest BCUT2D eigenvalue weighted by molar-refractivity contribution is 0.396. The maximum absolute atomic E-state index is 12.5. The van der Waals surface area contributed by atoms with Crippen molar-refractivity contribution >= 4 is 21.9 Å². The molecule has 0 spiro atoms. The zero-order chi connectivity index (χ0) is 32.8. The smallest absolute Gasteiger partial charge is 0.197 e. The van der Waals surface area contributed by atoms with E-state index in [1.165, 1.54) is 26.4 Å². The highest BCUT2D eigenvalue weighted by Gasteiger charge is 2.15. The van der Waals surface area contributed by atoms with E-state index >= 15 is 0 Å². The molecule has 0 aliphatic heterocycles. The largest absolute Gasteiger partial charge is 0.497 e. The van der Waals surface area contributed by atoms with Crippen LogP contribution in [0.4, 0.5) is 0 Å². The molecule has 6 rings (SSSR count). The number of rotatable bonds is 8. The third-order valence-electron chi connectivity index (χ3n) is 7.20. The van der Waals surface area contributed by atoms with Gasteiger partial charge in [-0.3, -0.25) is 9.59 Å². The fourth-order valence-corrected chi connectivity index (χ4v) is 4.81. The number of hydrogen-bond donors (Lipinski definition) is 0. The van der Waals surface area contributed by atoms with E-state index in [2.05, 4.69) is 0 Å². The van der Waals surface area contributed by atoms with E-state index in [1.807, 2.05) is 48.5 Å². The van der Waals surface area contributed by atoms with Crippen LogP contribution >= 0.6 is 0 Å². The van der Waals surface area contributed by atoms with Gasteiger partial charge in [0.05, 0.1) is 42.7 Å². The van der Waals surface area contributed by atoms with Gasteiger partial charge in [-0.2, -0.15) is 0 Å². The first-order valence-corrected chi connectivity index (χ1v) is 14.0. The van der Waals surface area contributed by atoms with E-state index in [0.29, 0.717) is 56.5 Å². The topological polar surface area (TPSA) is 116 Å². The van der Waals surface area contributed by atoms with Gasteiger partial charge in [-0.25, -0.2) is 0 Å². The second-order valence-corrected chi connectivity index (χ2v) is 9.81. The third-order valence-corrected chi connectivity index (χ3v) is 7.20. The highest BCUT2D eigenvalue weighted by atomic mass is 16.5. The third kappa shape index (κ3) is 6.46. The van der Waals surface area contributed by atoms with Gasteiger partial charge in [-0.05, 0) is 48.5 Å². The average molecular weight is 625 g/mol. The molecule has 0 unspecified atom stereocenters. The first-order valence-electron chi connectivity index (χ1n) is 14.0. The minimum atomic E-state index is -0.170. The number of fused-ring (bicyclic) bond motifs is 2. The Balaban J connectivity index is 0.000000181. The summed E-state index contributed by atoms with van der Waals surface area (Å²) < 4.78 is 43.0. The van der Waals surface area contributed by atoms with Crippen LogP contribution in [0, 0.1) is 0 Å². The van der Waals surface area contributed by atoms with Gasteiger partial charge in [0.2, 0.25) is 0 Å². The van der Waals surface area contributed by atoms with Crippen LogP contribution in [-0.2, 0) is 0 Å². The molecule has 4 aromatic carbocycles. The number of benzene rings is 4. The Bertz CT molecular complexity index is 1940. The van der Waals surface area contributed by atoms with Crippen LogP contribution in [0.15, 0.2) is 103 Å². The van der Waals surface area contributed by atoms with E-state index in [1.54, 1.807) is 52.7 Å². The molecule has 0 saturated heterocycles. The molecule has 0 radical (unpaired) electrons. The van der Waals surface area contributed by atoms with Gasteiger partial charge in [0.15, 0.2) is 10.9 Å². The summed E-state index contributed by atoms with van der Waals surface area (Å²) in [4.78, 5) is 24.9. The molecule has 236 valence electrons. The molecular weight excluding hydrogens is 592 g/mol. The van der Waals surface area contributed by atoms with Crippen molar-refractivity contribution in [2.45, 2.75) is 0 Å². The fourth-order valence-electron chi connectivity index (χ4n) is 4.81. The maximum atomic E-state index is 12.5. The van der Waals surface area contributed by atoms with Gasteiger partial charge in [0.1, 0.15) is 68.0 Å². The van der Waals surface area contributed by atoms with Crippen LogP contribution in [0.5, 0.6) is 34.5 Å². The number of ether oxygens (including phenoxy) is 6. The molecule has 10 nitrogen and oxygen atoms in total. The minimum absolute atomic E-state index is 0.170. The van der Waals surface area contributed by atoms with Crippen LogP contribution in [0.2, 0.25) is 0 Å². The molecule has 0 atom stereocenters. The van der Waals surface area contributed by atoms with E-state index in [4.69, 9.17) is 37.3 Å². The second kappa shape index (κ2) is 13.8. The molecule has 0 aliphatic carbocycles. The van der Waals surface area contributed by atoms with Crippen LogP contribution in [-0.4, -0.2) is 42.7 Å². The SMILES string of the molecule is COc1ccc(-c2cc(=O)c3c(OC)cc(OC)cc3o2)cc1.COc1ccc(-c2cc(=O)c3c(OC)cc(OC)cc3o2)cc1. The summed E-state index contributed by atoms with van der Waals surface area (Å²) in [6.45, 7) is 0. The van der Waals surface area contributed by atoms with Gasteiger partial charge >= 0.3 is 0 Å². The normalized spacial score (nSPS) is 10.6. The Kier molecular flexibility index (Phi) is 9.47. The highest BCUT2D eigenvalue weighted by Crippen LogP contribution is 2.33. The molecule has 6 aromatic rings. The van der Waals surface area contributed by atoms with E-state index in [-0.39, 0.29) is 10.9 Å². The molecule has 10 heteroatoms. The van der Waals surface area contributed by atoms with Gasteiger partial charge in [-0.15, -0.1) is 0 Å². The monoisotopic (exact) mass is 624 g/mol. The Morgan fingerprint density at radius 2 is 0.761 bits per heavy atom.